The Hall–Kier alpha value is -4.72. The third-order valence-corrected chi connectivity index (χ3v) is 4.99. The van der Waals surface area contributed by atoms with Crippen molar-refractivity contribution in [3.05, 3.63) is 111 Å². The zero-order chi connectivity index (χ0) is 24.1. The van der Waals surface area contributed by atoms with E-state index in [-0.39, 0.29) is 33.6 Å². The van der Waals surface area contributed by atoms with Gasteiger partial charge >= 0.3 is 5.97 Å². The molecule has 0 fully saturated rings. The minimum absolute atomic E-state index is 0.0429. The lowest BCUT2D eigenvalue weighted by Gasteiger charge is -2.07. The summed E-state index contributed by atoms with van der Waals surface area (Å²) in [5.41, 5.74) is 1.42. The van der Waals surface area contributed by atoms with Gasteiger partial charge in [-0.25, -0.2) is 4.79 Å². The number of nitro benzene ring substituents is 1. The van der Waals surface area contributed by atoms with E-state index in [1.54, 1.807) is 18.2 Å². The predicted molar refractivity (Wildman–Crippen MR) is 126 cm³/mol. The Labute approximate surface area is 193 Å². The number of benzene rings is 3. The Morgan fingerprint density at radius 3 is 2.56 bits per heavy atom. The fraction of sp³-hybridized carbons (Fsp3) is 0.0769. The molecule has 0 aliphatic heterocycles. The lowest BCUT2D eigenvalue weighted by atomic mass is 10.2. The lowest BCUT2D eigenvalue weighted by molar-refractivity contribution is -0.384. The molecule has 0 amide bonds. The molecule has 8 heteroatoms. The van der Waals surface area contributed by atoms with Crippen molar-refractivity contribution in [2.75, 3.05) is 0 Å². The topological polar surface area (TPSA) is 109 Å². The fourth-order valence-electron chi connectivity index (χ4n) is 3.20. The summed E-state index contributed by atoms with van der Waals surface area (Å²) in [5, 5.41) is 11.1. The first-order valence-corrected chi connectivity index (χ1v) is 10.4. The average Bonchev–Trinajstić information content (AvgIpc) is 2.85. The van der Waals surface area contributed by atoms with E-state index in [2.05, 4.69) is 0 Å². The Morgan fingerprint density at radius 2 is 1.82 bits per heavy atom. The van der Waals surface area contributed by atoms with E-state index in [0.717, 1.165) is 18.1 Å². The number of rotatable bonds is 7. The number of carbonyl (C=O) groups is 1. The Balaban J connectivity index is 1.48. The predicted octanol–water partition coefficient (Wildman–Crippen LogP) is 5.67. The summed E-state index contributed by atoms with van der Waals surface area (Å²) in [6, 6.07) is 17.6. The molecular formula is C26H19NO7. The van der Waals surface area contributed by atoms with Gasteiger partial charge in [0.1, 0.15) is 23.3 Å². The third kappa shape index (κ3) is 5.18. The molecule has 0 saturated heterocycles. The number of aryl methyl sites for hydroxylation is 1. The van der Waals surface area contributed by atoms with Gasteiger partial charge in [-0.05, 0) is 47.9 Å². The average molecular weight is 457 g/mol. The summed E-state index contributed by atoms with van der Waals surface area (Å²) in [6.07, 6.45) is 4.68. The number of hydrogen-bond donors (Lipinski definition) is 0. The minimum atomic E-state index is -0.691. The summed E-state index contributed by atoms with van der Waals surface area (Å²) >= 11 is 0. The zero-order valence-corrected chi connectivity index (χ0v) is 18.1. The lowest BCUT2D eigenvalue weighted by Crippen LogP contribution is -2.06. The van der Waals surface area contributed by atoms with Gasteiger partial charge in [0.05, 0.1) is 10.3 Å². The maximum atomic E-state index is 12.8. The first-order valence-electron chi connectivity index (χ1n) is 10.4. The Kier molecular flexibility index (Phi) is 6.49. The molecule has 3 aromatic carbocycles. The van der Waals surface area contributed by atoms with Crippen LogP contribution in [0.25, 0.3) is 17.0 Å². The number of hydrogen-bond acceptors (Lipinski definition) is 7. The van der Waals surface area contributed by atoms with Crippen LogP contribution in [0.2, 0.25) is 0 Å². The molecule has 4 rings (SSSR count). The van der Waals surface area contributed by atoms with Crippen molar-refractivity contribution >= 4 is 28.7 Å². The molecule has 0 saturated carbocycles. The van der Waals surface area contributed by atoms with Gasteiger partial charge in [-0.15, -0.1) is 0 Å². The minimum Gasteiger partial charge on any atom is -0.460 e. The van der Waals surface area contributed by atoms with Crippen LogP contribution in [0.1, 0.15) is 18.1 Å². The Bertz CT molecular complexity index is 1450. The molecule has 0 radical (unpaired) electrons. The van der Waals surface area contributed by atoms with E-state index >= 15 is 0 Å². The highest BCUT2D eigenvalue weighted by Gasteiger charge is 2.12. The summed E-state index contributed by atoms with van der Waals surface area (Å²) in [7, 11) is 0. The van der Waals surface area contributed by atoms with Crippen LogP contribution in [0, 0.1) is 10.1 Å². The maximum absolute atomic E-state index is 12.8. The molecule has 0 atom stereocenters. The number of carbonyl (C=O) groups excluding carboxylic acids is 1. The molecule has 4 aromatic rings. The molecule has 0 aliphatic rings. The normalized spacial score (nSPS) is 11.0. The van der Waals surface area contributed by atoms with Crippen molar-refractivity contribution in [1.82, 2.24) is 0 Å². The number of nitro groups is 1. The molecule has 0 aliphatic carbocycles. The van der Waals surface area contributed by atoms with Gasteiger partial charge in [-0.3, -0.25) is 14.9 Å². The van der Waals surface area contributed by atoms with Crippen LogP contribution in [0.4, 0.5) is 5.69 Å². The van der Waals surface area contributed by atoms with E-state index in [1.807, 2.05) is 19.1 Å². The van der Waals surface area contributed by atoms with E-state index in [4.69, 9.17) is 13.9 Å². The van der Waals surface area contributed by atoms with Crippen molar-refractivity contribution in [1.29, 1.82) is 0 Å². The highest BCUT2D eigenvalue weighted by Crippen LogP contribution is 2.24. The largest absolute Gasteiger partial charge is 0.460 e. The van der Waals surface area contributed by atoms with E-state index in [1.165, 1.54) is 48.7 Å². The fourth-order valence-corrected chi connectivity index (χ4v) is 3.20. The standard InChI is InChI=1S/C26H19NO7/c1-2-17-6-9-20(10-7-17)33-24-16-32-23-15-21(11-12-22(23)26(24)29)34-25(28)13-8-18-4-3-5-19(14-18)27(30)31/h3-16H,2H2,1H3. The van der Waals surface area contributed by atoms with E-state index < -0.39 is 10.9 Å². The first-order chi connectivity index (χ1) is 16.4. The second kappa shape index (κ2) is 9.83. The van der Waals surface area contributed by atoms with Gasteiger partial charge in [0.15, 0.2) is 0 Å². The van der Waals surface area contributed by atoms with Gasteiger partial charge in [0, 0.05) is 24.3 Å². The first kappa shape index (κ1) is 22.5. The van der Waals surface area contributed by atoms with Crippen LogP contribution in [0.15, 0.2) is 88.3 Å². The van der Waals surface area contributed by atoms with Crippen LogP contribution < -0.4 is 14.9 Å². The van der Waals surface area contributed by atoms with Crippen LogP contribution in [-0.4, -0.2) is 10.9 Å². The number of ether oxygens (including phenoxy) is 2. The summed E-state index contributed by atoms with van der Waals surface area (Å²) in [4.78, 5) is 35.3. The molecule has 1 heterocycles. The number of non-ortho nitro benzene ring substituents is 1. The van der Waals surface area contributed by atoms with Gasteiger partial charge < -0.3 is 13.9 Å². The van der Waals surface area contributed by atoms with Crippen molar-refractivity contribution < 1.29 is 23.6 Å². The molecule has 0 spiro atoms. The maximum Gasteiger partial charge on any atom is 0.336 e. The van der Waals surface area contributed by atoms with Gasteiger partial charge in [0.2, 0.25) is 11.2 Å². The monoisotopic (exact) mass is 457 g/mol. The van der Waals surface area contributed by atoms with Crippen molar-refractivity contribution in [3.63, 3.8) is 0 Å². The molecular weight excluding hydrogens is 438 g/mol. The van der Waals surface area contributed by atoms with Crippen molar-refractivity contribution in [3.8, 4) is 17.2 Å². The summed E-state index contributed by atoms with van der Waals surface area (Å²) < 4.78 is 16.5. The van der Waals surface area contributed by atoms with Crippen LogP contribution in [0.3, 0.4) is 0 Å². The van der Waals surface area contributed by atoms with Crippen LogP contribution >= 0.6 is 0 Å². The Morgan fingerprint density at radius 1 is 1.06 bits per heavy atom. The van der Waals surface area contributed by atoms with Crippen molar-refractivity contribution in [2.24, 2.45) is 0 Å². The summed E-state index contributed by atoms with van der Waals surface area (Å²) in [5.74, 6) is 0.0446. The molecule has 1 aromatic heterocycles. The molecule has 34 heavy (non-hydrogen) atoms. The zero-order valence-electron chi connectivity index (χ0n) is 18.1. The van der Waals surface area contributed by atoms with Gasteiger partial charge in [-0.2, -0.15) is 0 Å². The quantitative estimate of drug-likeness (QED) is 0.116. The molecule has 0 N–H and O–H groups in total. The smallest absolute Gasteiger partial charge is 0.336 e. The highest BCUT2D eigenvalue weighted by atomic mass is 16.6. The molecule has 0 bridgehead atoms. The SMILES string of the molecule is CCc1ccc(Oc2coc3cc(OC(=O)C=Cc4cccc([N+](=O)[O-])c4)ccc3c2=O)cc1. The highest BCUT2D eigenvalue weighted by molar-refractivity contribution is 5.89. The second-order valence-electron chi connectivity index (χ2n) is 7.29. The van der Waals surface area contributed by atoms with Gasteiger partial charge in [0.25, 0.3) is 5.69 Å². The van der Waals surface area contributed by atoms with Crippen LogP contribution in [-0.2, 0) is 11.2 Å². The van der Waals surface area contributed by atoms with E-state index in [0.29, 0.717) is 11.3 Å². The second-order valence-corrected chi connectivity index (χ2v) is 7.29. The molecule has 170 valence electrons. The third-order valence-electron chi connectivity index (χ3n) is 4.99. The van der Waals surface area contributed by atoms with E-state index in [9.17, 15) is 19.7 Å². The van der Waals surface area contributed by atoms with Crippen molar-refractivity contribution in [2.45, 2.75) is 13.3 Å². The summed E-state index contributed by atoms with van der Waals surface area (Å²) in [6.45, 7) is 2.05. The number of nitrogens with zero attached hydrogens (tertiary/aromatic N) is 1. The van der Waals surface area contributed by atoms with Gasteiger partial charge in [-0.1, -0.05) is 31.2 Å². The molecule has 0 unspecified atom stereocenters. The number of fused-ring (bicyclic) bond motifs is 1. The van der Waals surface area contributed by atoms with Crippen LogP contribution in [0.5, 0.6) is 17.2 Å². The molecule has 8 nitrogen and oxygen atoms in total. The number of esters is 1.